The molecule has 0 heterocycles. The van der Waals surface area contributed by atoms with Crippen molar-refractivity contribution < 1.29 is 37.3 Å². The number of amides is 1. The Morgan fingerprint density at radius 1 is 0.557 bits per heavy atom. The molecular weight excluding hydrogens is 784 g/mol. The van der Waals surface area contributed by atoms with Crippen LogP contribution in [-0.4, -0.2) is 69.4 Å². The van der Waals surface area contributed by atoms with Crippen LogP contribution >= 0.6 is 7.82 Å². The molecule has 0 fully saturated rings. The zero-order valence-corrected chi connectivity index (χ0v) is 41.5. The Morgan fingerprint density at radius 2 is 0.967 bits per heavy atom. The molecule has 0 aromatic heterocycles. The fraction of sp³-hybridized carbons (Fsp3) is 0.843. The third-order valence-corrected chi connectivity index (χ3v) is 12.0. The third-order valence-electron chi connectivity index (χ3n) is 11.0. The number of allylic oxidation sites excluding steroid dienone is 5. The highest BCUT2D eigenvalue weighted by Crippen LogP contribution is 2.38. The largest absolute Gasteiger partial charge is 0.756 e. The minimum absolute atomic E-state index is 0.0244. The van der Waals surface area contributed by atoms with E-state index in [9.17, 15) is 19.0 Å². The van der Waals surface area contributed by atoms with Gasteiger partial charge in [-0.2, -0.15) is 0 Å². The Hall–Kier alpha value is -1.77. The van der Waals surface area contributed by atoms with Crippen LogP contribution in [0.1, 0.15) is 226 Å². The van der Waals surface area contributed by atoms with E-state index in [1.807, 2.05) is 33.3 Å². The number of phosphoric ester groups is 1. The van der Waals surface area contributed by atoms with Crippen LogP contribution < -0.4 is 10.2 Å². The van der Waals surface area contributed by atoms with E-state index in [4.69, 9.17) is 13.8 Å². The van der Waals surface area contributed by atoms with Gasteiger partial charge < -0.3 is 28.5 Å². The number of hydrogen-bond acceptors (Lipinski definition) is 7. The smallest absolute Gasteiger partial charge is 0.306 e. The number of unbranched alkanes of at least 4 members (excludes halogenated alkanes) is 25. The molecule has 0 aliphatic carbocycles. The maximum Gasteiger partial charge on any atom is 0.306 e. The van der Waals surface area contributed by atoms with Crippen LogP contribution in [0.4, 0.5) is 0 Å². The summed E-state index contributed by atoms with van der Waals surface area (Å²) in [5.74, 6) is -0.564. The molecule has 10 heteroatoms. The number of carbonyl (C=O) groups excluding carboxylic acids is 2. The Kier molecular flexibility index (Phi) is 41.0. The zero-order valence-electron chi connectivity index (χ0n) is 40.6. The number of rotatable bonds is 45. The van der Waals surface area contributed by atoms with Gasteiger partial charge in [-0.05, 0) is 70.3 Å². The number of carbonyl (C=O) groups is 2. The zero-order chi connectivity index (χ0) is 45.1. The number of ether oxygens (including phenoxy) is 1. The number of likely N-dealkylation sites (N-methyl/N-ethyl adjacent to an activating group) is 1. The molecule has 0 saturated carbocycles. The van der Waals surface area contributed by atoms with Gasteiger partial charge in [0.05, 0.1) is 33.8 Å². The number of nitrogens with zero attached hydrogens (tertiary/aromatic N) is 1. The average molecular weight is 881 g/mol. The Bertz CT molecular complexity index is 1150. The van der Waals surface area contributed by atoms with Crippen LogP contribution in [0.5, 0.6) is 0 Å². The van der Waals surface area contributed by atoms with E-state index in [0.29, 0.717) is 17.4 Å². The molecule has 0 spiro atoms. The van der Waals surface area contributed by atoms with Crippen molar-refractivity contribution in [3.05, 3.63) is 36.5 Å². The Labute approximate surface area is 376 Å². The summed E-state index contributed by atoms with van der Waals surface area (Å²) >= 11 is 0. The van der Waals surface area contributed by atoms with Crippen molar-refractivity contribution >= 4 is 19.7 Å². The molecule has 61 heavy (non-hydrogen) atoms. The fourth-order valence-corrected chi connectivity index (χ4v) is 7.73. The average Bonchev–Trinajstić information content (AvgIpc) is 3.21. The van der Waals surface area contributed by atoms with Crippen molar-refractivity contribution in [1.29, 1.82) is 0 Å². The molecule has 0 aliphatic heterocycles. The van der Waals surface area contributed by atoms with Crippen molar-refractivity contribution in [2.24, 2.45) is 0 Å². The molecule has 3 atom stereocenters. The van der Waals surface area contributed by atoms with Crippen molar-refractivity contribution in [3.8, 4) is 0 Å². The van der Waals surface area contributed by atoms with Crippen LogP contribution in [0.15, 0.2) is 36.5 Å². The molecule has 0 aliphatic rings. The number of quaternary nitrogens is 1. The quantitative estimate of drug-likeness (QED) is 0.0213. The number of phosphoric acid groups is 1. The maximum atomic E-state index is 13.4. The molecule has 3 unspecified atom stereocenters. The Balaban J connectivity index is 5.49. The molecule has 0 rings (SSSR count). The summed E-state index contributed by atoms with van der Waals surface area (Å²) < 4.78 is 30.0. The van der Waals surface area contributed by atoms with Crippen LogP contribution in [0.25, 0.3) is 0 Å². The van der Waals surface area contributed by atoms with Gasteiger partial charge in [-0.25, -0.2) is 0 Å². The first-order valence-corrected chi connectivity index (χ1v) is 26.8. The lowest BCUT2D eigenvalue weighted by Gasteiger charge is -2.30. The van der Waals surface area contributed by atoms with Crippen LogP contribution in [0.2, 0.25) is 0 Å². The van der Waals surface area contributed by atoms with E-state index in [1.165, 1.54) is 83.5 Å². The molecule has 0 aromatic rings. The topological polar surface area (TPSA) is 114 Å². The molecule has 0 aromatic carbocycles. The highest BCUT2D eigenvalue weighted by molar-refractivity contribution is 7.45. The lowest BCUT2D eigenvalue weighted by atomic mass is 10.0. The summed E-state index contributed by atoms with van der Waals surface area (Å²) in [5, 5.41) is 2.99. The second-order valence-electron chi connectivity index (χ2n) is 18.3. The first-order chi connectivity index (χ1) is 29.4. The summed E-state index contributed by atoms with van der Waals surface area (Å²) in [7, 11) is 1.17. The van der Waals surface area contributed by atoms with Gasteiger partial charge in [0, 0.05) is 12.8 Å². The lowest BCUT2D eigenvalue weighted by Crippen LogP contribution is -2.47. The van der Waals surface area contributed by atoms with E-state index in [-0.39, 0.29) is 24.9 Å². The summed E-state index contributed by atoms with van der Waals surface area (Å²) in [6.07, 6.45) is 46.8. The van der Waals surface area contributed by atoms with Gasteiger partial charge >= 0.3 is 5.97 Å². The molecule has 0 saturated heterocycles. The lowest BCUT2D eigenvalue weighted by molar-refractivity contribution is -0.870. The molecule has 358 valence electrons. The van der Waals surface area contributed by atoms with Gasteiger partial charge in [-0.3, -0.25) is 14.2 Å². The fourth-order valence-electron chi connectivity index (χ4n) is 7.01. The van der Waals surface area contributed by atoms with Crippen LogP contribution in [-0.2, 0) is 27.9 Å². The minimum Gasteiger partial charge on any atom is -0.756 e. The number of hydrogen-bond donors (Lipinski definition) is 1. The maximum absolute atomic E-state index is 13.4. The molecule has 0 bridgehead atoms. The van der Waals surface area contributed by atoms with E-state index >= 15 is 0 Å². The Morgan fingerprint density at radius 3 is 1.44 bits per heavy atom. The highest BCUT2D eigenvalue weighted by atomic mass is 31.2. The van der Waals surface area contributed by atoms with Crippen molar-refractivity contribution in [2.75, 3.05) is 40.9 Å². The van der Waals surface area contributed by atoms with Gasteiger partial charge in [0.2, 0.25) is 5.91 Å². The van der Waals surface area contributed by atoms with Gasteiger partial charge in [-0.15, -0.1) is 0 Å². The summed E-state index contributed by atoms with van der Waals surface area (Å²) in [6, 6.07) is -0.890. The molecule has 1 amide bonds. The van der Waals surface area contributed by atoms with Gasteiger partial charge in [-0.1, -0.05) is 180 Å². The highest BCUT2D eigenvalue weighted by Gasteiger charge is 2.27. The SMILES string of the molecule is CCCC/C=C\CCCCCCCC(=O)NC(COP(=O)([O-])OCC[N+](C)(C)C)C(/C=C/CCCCCCCCCCCCC)OC(=O)CCCCCCC/C=C\CCCC. The summed E-state index contributed by atoms with van der Waals surface area (Å²) in [5.41, 5.74) is 0. The molecule has 9 nitrogen and oxygen atoms in total. The predicted molar refractivity (Wildman–Crippen MR) is 256 cm³/mol. The number of nitrogens with one attached hydrogen (secondary N) is 1. The van der Waals surface area contributed by atoms with Crippen LogP contribution in [0.3, 0.4) is 0 Å². The standard InChI is InChI=1S/C51H97N2O7P/c1-7-10-13-16-19-22-25-26-29-30-33-36-39-42-49(60-51(55)44-41-38-35-32-28-24-21-18-15-12-9-3)48(47-59-61(56,57)58-46-45-53(4,5)6)52-50(54)43-40-37-34-31-27-23-20-17-14-11-8-2/h17-18,20-21,39,42,48-49H,7-16,19,22-38,40-41,43-47H2,1-6H3,(H-,52,54,56,57)/b20-17-,21-18-,42-39+. The van der Waals surface area contributed by atoms with Gasteiger partial charge in [0.15, 0.2) is 0 Å². The third kappa shape index (κ3) is 43.3. The normalized spacial score (nSPS) is 14.3. The second-order valence-corrected chi connectivity index (χ2v) is 19.7. The molecule has 0 radical (unpaired) electrons. The van der Waals surface area contributed by atoms with Crippen molar-refractivity contribution in [3.63, 3.8) is 0 Å². The number of esters is 1. The predicted octanol–water partition coefficient (Wildman–Crippen LogP) is 13.8. The van der Waals surface area contributed by atoms with E-state index in [1.54, 1.807) is 0 Å². The summed E-state index contributed by atoms with van der Waals surface area (Å²) in [4.78, 5) is 39.5. The first kappa shape index (κ1) is 59.2. The van der Waals surface area contributed by atoms with Crippen LogP contribution in [0, 0.1) is 0 Å². The minimum atomic E-state index is -4.68. The monoisotopic (exact) mass is 881 g/mol. The second kappa shape index (κ2) is 42.2. The summed E-state index contributed by atoms with van der Waals surface area (Å²) in [6.45, 7) is 6.74. The van der Waals surface area contributed by atoms with Crippen molar-refractivity contribution in [1.82, 2.24) is 5.32 Å². The molecule has 1 N–H and O–H groups in total. The van der Waals surface area contributed by atoms with E-state index in [0.717, 1.165) is 109 Å². The van der Waals surface area contributed by atoms with Crippen molar-refractivity contribution in [2.45, 2.75) is 238 Å². The van der Waals surface area contributed by atoms with E-state index < -0.39 is 26.6 Å². The molecular formula is C51H97N2O7P. The van der Waals surface area contributed by atoms with E-state index in [2.05, 4.69) is 50.4 Å². The van der Waals surface area contributed by atoms with Gasteiger partial charge in [0.1, 0.15) is 19.3 Å². The van der Waals surface area contributed by atoms with Gasteiger partial charge in [0.25, 0.3) is 7.82 Å². The first-order valence-electron chi connectivity index (χ1n) is 25.3.